The van der Waals surface area contributed by atoms with Crippen molar-refractivity contribution in [3.63, 3.8) is 0 Å². The van der Waals surface area contributed by atoms with E-state index >= 15 is 0 Å². The van der Waals surface area contributed by atoms with Crippen LogP contribution in [0.1, 0.15) is 96.8 Å². The van der Waals surface area contributed by atoms with E-state index in [1.807, 2.05) is 0 Å². The number of allylic oxidation sites excluding steroid dienone is 2. The molecule has 0 unspecified atom stereocenters. The molecule has 1 amide bonds. The highest BCUT2D eigenvalue weighted by atomic mass is 16.3. The highest BCUT2D eigenvalue weighted by molar-refractivity contribution is 5.92. The van der Waals surface area contributed by atoms with E-state index in [9.17, 15) is 9.90 Å². The van der Waals surface area contributed by atoms with Crippen molar-refractivity contribution < 1.29 is 9.90 Å². The average molecular weight is 374 g/mol. The number of rotatable bonds is 16. The van der Waals surface area contributed by atoms with Crippen LogP contribution in [0, 0.1) is 0 Å². The Labute approximate surface area is 166 Å². The Morgan fingerprint density at radius 2 is 1.41 bits per heavy atom. The molecule has 0 aliphatic carbocycles. The van der Waals surface area contributed by atoms with Crippen LogP contribution in [0.5, 0.6) is 5.75 Å². The van der Waals surface area contributed by atoms with Crippen molar-refractivity contribution in [3.8, 4) is 5.75 Å². The lowest BCUT2D eigenvalue weighted by molar-refractivity contribution is -0.116. The Hall–Kier alpha value is -1.77. The number of aromatic hydroxyl groups is 1. The van der Waals surface area contributed by atoms with Crippen molar-refractivity contribution in [2.75, 3.05) is 5.32 Å². The smallest absolute Gasteiger partial charge is 0.224 e. The number of carbonyl (C=O) groups excluding carboxylic acids is 1. The number of para-hydroxylation sites is 2. The van der Waals surface area contributed by atoms with Crippen molar-refractivity contribution in [1.82, 2.24) is 0 Å². The summed E-state index contributed by atoms with van der Waals surface area (Å²) in [6, 6.07) is 6.84. The molecular weight excluding hydrogens is 334 g/mol. The van der Waals surface area contributed by atoms with Gasteiger partial charge in [-0.15, -0.1) is 0 Å². The van der Waals surface area contributed by atoms with Crippen LogP contribution in [-0.4, -0.2) is 11.0 Å². The van der Waals surface area contributed by atoms with E-state index in [1.165, 1.54) is 70.6 Å². The van der Waals surface area contributed by atoms with E-state index in [-0.39, 0.29) is 11.7 Å². The van der Waals surface area contributed by atoms with E-state index in [1.54, 1.807) is 24.3 Å². The molecule has 1 rings (SSSR count). The van der Waals surface area contributed by atoms with Crippen LogP contribution in [0.2, 0.25) is 0 Å². The van der Waals surface area contributed by atoms with Crippen molar-refractivity contribution in [2.24, 2.45) is 0 Å². The fraction of sp³-hybridized carbons (Fsp3) is 0.625. The zero-order chi connectivity index (χ0) is 19.6. The number of benzene rings is 1. The molecule has 0 saturated carbocycles. The molecule has 0 fully saturated rings. The number of hydrogen-bond acceptors (Lipinski definition) is 2. The average Bonchev–Trinajstić information content (AvgIpc) is 2.66. The Balaban J connectivity index is 1.88. The molecule has 3 heteroatoms. The number of hydrogen-bond donors (Lipinski definition) is 2. The molecule has 152 valence electrons. The number of anilines is 1. The summed E-state index contributed by atoms with van der Waals surface area (Å²) in [6.45, 7) is 2.26. The third-order valence-corrected chi connectivity index (χ3v) is 4.84. The summed E-state index contributed by atoms with van der Waals surface area (Å²) in [5, 5.41) is 12.4. The second-order valence-corrected chi connectivity index (χ2v) is 7.40. The van der Waals surface area contributed by atoms with Gasteiger partial charge in [-0.2, -0.15) is 0 Å². The maximum atomic E-state index is 11.9. The molecule has 0 atom stereocenters. The summed E-state index contributed by atoms with van der Waals surface area (Å²) < 4.78 is 0. The number of amides is 1. The Bertz CT molecular complexity index is 525. The fourth-order valence-electron chi connectivity index (χ4n) is 3.15. The monoisotopic (exact) mass is 373 g/mol. The van der Waals surface area contributed by atoms with Crippen molar-refractivity contribution in [2.45, 2.75) is 96.8 Å². The van der Waals surface area contributed by atoms with Crippen LogP contribution in [0.15, 0.2) is 36.4 Å². The third kappa shape index (κ3) is 13.1. The van der Waals surface area contributed by atoms with Gasteiger partial charge in [0.15, 0.2) is 0 Å². The van der Waals surface area contributed by atoms with Gasteiger partial charge in [0.05, 0.1) is 5.69 Å². The van der Waals surface area contributed by atoms with Crippen LogP contribution < -0.4 is 5.32 Å². The number of carbonyl (C=O) groups is 1. The summed E-state index contributed by atoms with van der Waals surface area (Å²) in [6.07, 6.45) is 21.5. The molecule has 0 aliphatic rings. The summed E-state index contributed by atoms with van der Waals surface area (Å²) in [7, 11) is 0. The van der Waals surface area contributed by atoms with E-state index in [0.717, 1.165) is 12.8 Å². The summed E-state index contributed by atoms with van der Waals surface area (Å²) in [4.78, 5) is 11.9. The molecule has 0 radical (unpaired) electrons. The normalized spacial score (nSPS) is 11.1. The van der Waals surface area contributed by atoms with Crippen LogP contribution in [0.3, 0.4) is 0 Å². The molecule has 1 aromatic carbocycles. The zero-order valence-electron chi connectivity index (χ0n) is 17.2. The zero-order valence-corrected chi connectivity index (χ0v) is 17.2. The molecule has 0 heterocycles. The van der Waals surface area contributed by atoms with Crippen LogP contribution in [0.25, 0.3) is 0 Å². The van der Waals surface area contributed by atoms with E-state index in [4.69, 9.17) is 0 Å². The minimum Gasteiger partial charge on any atom is -0.506 e. The van der Waals surface area contributed by atoms with Gasteiger partial charge in [0.2, 0.25) is 5.91 Å². The number of unbranched alkanes of at least 4 members (excludes halogenated alkanes) is 11. The molecule has 0 spiro atoms. The van der Waals surface area contributed by atoms with E-state index in [0.29, 0.717) is 12.1 Å². The highest BCUT2D eigenvalue weighted by Gasteiger charge is 2.05. The largest absolute Gasteiger partial charge is 0.506 e. The van der Waals surface area contributed by atoms with Gasteiger partial charge in [0, 0.05) is 6.42 Å². The van der Waals surface area contributed by atoms with Crippen molar-refractivity contribution >= 4 is 11.6 Å². The Morgan fingerprint density at radius 3 is 2.04 bits per heavy atom. The quantitative estimate of drug-likeness (QED) is 0.180. The Morgan fingerprint density at radius 1 is 0.852 bits per heavy atom. The molecule has 0 aromatic heterocycles. The van der Waals surface area contributed by atoms with Gasteiger partial charge in [-0.25, -0.2) is 0 Å². The predicted octanol–water partition coefficient (Wildman–Crippen LogP) is 7.37. The van der Waals surface area contributed by atoms with Crippen molar-refractivity contribution in [3.05, 3.63) is 36.4 Å². The second kappa shape index (κ2) is 16.4. The standard InChI is InChI=1S/C24H39NO2/c1-2-3-4-5-6-7-8-9-10-11-12-13-14-15-16-21-24(27)25-22-19-17-18-20-23(22)26/h9-10,17-20,26H,2-8,11-16,21H2,1H3,(H,25,27). The fourth-order valence-corrected chi connectivity index (χ4v) is 3.15. The molecule has 0 saturated heterocycles. The molecule has 3 nitrogen and oxygen atoms in total. The SMILES string of the molecule is CCCCCCCCC=CCCCCCCCC(=O)Nc1ccccc1O. The Kier molecular flexibility index (Phi) is 14.1. The van der Waals surface area contributed by atoms with Crippen LogP contribution in [-0.2, 0) is 4.79 Å². The minimum atomic E-state index is -0.0193. The lowest BCUT2D eigenvalue weighted by Crippen LogP contribution is -2.11. The maximum absolute atomic E-state index is 11.9. The van der Waals surface area contributed by atoms with Crippen LogP contribution >= 0.6 is 0 Å². The minimum absolute atomic E-state index is 0.0193. The van der Waals surface area contributed by atoms with Gasteiger partial charge in [-0.1, -0.05) is 82.6 Å². The molecule has 1 aromatic rings. The first-order valence-corrected chi connectivity index (χ1v) is 11.0. The number of phenols is 1. The molecular formula is C24H39NO2. The molecule has 2 N–H and O–H groups in total. The van der Waals surface area contributed by atoms with Gasteiger partial charge in [-0.3, -0.25) is 4.79 Å². The summed E-state index contributed by atoms with van der Waals surface area (Å²) in [5.74, 6) is 0.101. The van der Waals surface area contributed by atoms with Gasteiger partial charge in [-0.05, 0) is 44.2 Å². The highest BCUT2D eigenvalue weighted by Crippen LogP contribution is 2.21. The van der Waals surface area contributed by atoms with Gasteiger partial charge in [0.25, 0.3) is 0 Å². The first kappa shape index (κ1) is 23.3. The first-order valence-electron chi connectivity index (χ1n) is 11.0. The predicted molar refractivity (Wildman–Crippen MR) is 116 cm³/mol. The van der Waals surface area contributed by atoms with E-state index in [2.05, 4.69) is 24.4 Å². The molecule has 0 aliphatic heterocycles. The van der Waals surface area contributed by atoms with Crippen molar-refractivity contribution in [1.29, 1.82) is 0 Å². The third-order valence-electron chi connectivity index (χ3n) is 4.84. The van der Waals surface area contributed by atoms with E-state index < -0.39 is 0 Å². The lowest BCUT2D eigenvalue weighted by atomic mass is 10.1. The topological polar surface area (TPSA) is 49.3 Å². The second-order valence-electron chi connectivity index (χ2n) is 7.40. The summed E-state index contributed by atoms with van der Waals surface area (Å²) in [5.41, 5.74) is 0.496. The number of nitrogens with one attached hydrogen (secondary N) is 1. The van der Waals surface area contributed by atoms with Gasteiger partial charge < -0.3 is 10.4 Å². The lowest BCUT2D eigenvalue weighted by Gasteiger charge is -2.06. The van der Waals surface area contributed by atoms with Gasteiger partial charge >= 0.3 is 0 Å². The molecule has 0 bridgehead atoms. The van der Waals surface area contributed by atoms with Gasteiger partial charge in [0.1, 0.15) is 5.75 Å². The number of phenolic OH excluding ortho intramolecular Hbond substituents is 1. The molecule has 27 heavy (non-hydrogen) atoms. The maximum Gasteiger partial charge on any atom is 0.224 e. The first-order chi connectivity index (χ1) is 13.2. The summed E-state index contributed by atoms with van der Waals surface area (Å²) >= 11 is 0. The van der Waals surface area contributed by atoms with Crippen LogP contribution in [0.4, 0.5) is 5.69 Å².